The van der Waals surface area contributed by atoms with E-state index < -0.39 is 0 Å². The molecule has 0 aromatic carbocycles. The molecule has 0 aliphatic rings. The largest absolute Gasteiger partial charge is 0.496 e. The number of methoxy groups -OCH3 is 1. The monoisotopic (exact) mass is 264 g/mol. The van der Waals surface area contributed by atoms with E-state index in [1.54, 1.807) is 13.3 Å². The average Bonchev–Trinajstić information content (AvgIpc) is 2.41. The molecule has 0 aromatic rings. The summed E-state index contributed by atoms with van der Waals surface area (Å²) in [5.74, 6) is 1.02. The molecule has 0 fully saturated rings. The molecule has 0 bridgehead atoms. The smallest absolute Gasteiger partial charge is 0.129 e. The van der Waals surface area contributed by atoms with Crippen LogP contribution in [-0.2, 0) is 4.74 Å². The second-order valence-corrected chi connectivity index (χ2v) is 4.76. The van der Waals surface area contributed by atoms with Crippen molar-refractivity contribution in [2.45, 2.75) is 45.6 Å². The van der Waals surface area contributed by atoms with Crippen LogP contribution in [0.5, 0.6) is 0 Å². The molecule has 0 rings (SSSR count). The summed E-state index contributed by atoms with van der Waals surface area (Å²) in [6.07, 6.45) is 7.65. The van der Waals surface area contributed by atoms with E-state index in [1.807, 2.05) is 13.1 Å². The zero-order chi connectivity index (χ0) is 14.7. The van der Waals surface area contributed by atoms with Gasteiger partial charge in [0.15, 0.2) is 0 Å². The van der Waals surface area contributed by atoms with Gasteiger partial charge in [0.05, 0.1) is 19.4 Å². The summed E-state index contributed by atoms with van der Waals surface area (Å²) in [6.45, 7) is 11.9. The topological polar surface area (TPSA) is 34.0 Å². The van der Waals surface area contributed by atoms with Gasteiger partial charge < -0.3 is 4.74 Å². The van der Waals surface area contributed by atoms with Crippen molar-refractivity contribution < 1.29 is 4.74 Å². The number of rotatable bonds is 10. The van der Waals surface area contributed by atoms with Gasteiger partial charge in [-0.25, -0.2) is 0 Å². The second kappa shape index (κ2) is 10.5. The molecule has 0 aromatic heterocycles. The van der Waals surface area contributed by atoms with Crippen molar-refractivity contribution >= 4 is 11.9 Å². The van der Waals surface area contributed by atoms with Crippen molar-refractivity contribution in [3.05, 3.63) is 25.0 Å². The van der Waals surface area contributed by atoms with Crippen LogP contribution in [0.4, 0.5) is 0 Å². The van der Waals surface area contributed by atoms with Gasteiger partial charge in [-0.2, -0.15) is 0 Å². The van der Waals surface area contributed by atoms with Crippen molar-refractivity contribution in [1.29, 1.82) is 0 Å². The Kier molecular flexibility index (Phi) is 9.77. The summed E-state index contributed by atoms with van der Waals surface area (Å²) >= 11 is 0. The molecule has 0 aliphatic carbocycles. The Balaban J connectivity index is 4.79. The fraction of sp³-hybridized carbons (Fsp3) is 0.625. The lowest BCUT2D eigenvalue weighted by Gasteiger charge is -2.20. The van der Waals surface area contributed by atoms with Crippen LogP contribution in [0.25, 0.3) is 0 Å². The third-order valence-corrected chi connectivity index (χ3v) is 3.17. The summed E-state index contributed by atoms with van der Waals surface area (Å²) in [5, 5.41) is 0. The van der Waals surface area contributed by atoms with Crippen LogP contribution in [0.15, 0.2) is 35.0 Å². The minimum absolute atomic E-state index is 0.204. The number of hydrogen-bond acceptors (Lipinski definition) is 3. The van der Waals surface area contributed by atoms with Crippen LogP contribution in [-0.4, -0.2) is 32.1 Å². The van der Waals surface area contributed by atoms with Gasteiger partial charge in [-0.05, 0) is 18.8 Å². The van der Waals surface area contributed by atoms with Crippen molar-refractivity contribution in [2.24, 2.45) is 15.9 Å². The Hall–Kier alpha value is -1.38. The molecule has 3 heteroatoms. The van der Waals surface area contributed by atoms with Crippen LogP contribution in [0.1, 0.15) is 39.5 Å². The standard InChI is InChI=1S/C16H28N2O/c1-7-9-13(3)16(18-12-14(4)19-6)11-15(17-5)10-8-2/h7,12-13,16H,1,4,8-11H2,2-3,5-6H3. The first kappa shape index (κ1) is 17.6. The molecule has 19 heavy (non-hydrogen) atoms. The minimum atomic E-state index is 0.204. The van der Waals surface area contributed by atoms with Gasteiger partial charge in [0.1, 0.15) is 5.76 Å². The van der Waals surface area contributed by atoms with Gasteiger partial charge >= 0.3 is 0 Å². The molecule has 0 radical (unpaired) electrons. The molecular formula is C16H28N2O. The zero-order valence-electron chi connectivity index (χ0n) is 12.9. The van der Waals surface area contributed by atoms with Crippen molar-refractivity contribution in [1.82, 2.24) is 0 Å². The summed E-state index contributed by atoms with van der Waals surface area (Å²) < 4.78 is 5.02. The van der Waals surface area contributed by atoms with Crippen LogP contribution < -0.4 is 0 Å². The molecule has 0 N–H and O–H groups in total. The molecule has 2 atom stereocenters. The predicted molar refractivity (Wildman–Crippen MR) is 85.3 cm³/mol. The number of aliphatic imine (C=N–C) groups is 2. The maximum Gasteiger partial charge on any atom is 0.129 e. The highest BCUT2D eigenvalue weighted by Crippen LogP contribution is 2.18. The number of hydrogen-bond donors (Lipinski definition) is 0. The van der Waals surface area contributed by atoms with Gasteiger partial charge in [0, 0.05) is 19.2 Å². The van der Waals surface area contributed by atoms with Crippen molar-refractivity contribution in [3.8, 4) is 0 Å². The first-order valence-electron chi connectivity index (χ1n) is 6.90. The minimum Gasteiger partial charge on any atom is -0.496 e. The fourth-order valence-corrected chi connectivity index (χ4v) is 1.89. The Labute approximate surface area is 118 Å². The van der Waals surface area contributed by atoms with E-state index >= 15 is 0 Å². The molecule has 0 saturated heterocycles. The highest BCUT2D eigenvalue weighted by atomic mass is 16.5. The van der Waals surface area contributed by atoms with Gasteiger partial charge in [0.2, 0.25) is 0 Å². The molecule has 0 saturated carbocycles. The van der Waals surface area contributed by atoms with Crippen molar-refractivity contribution in [3.63, 3.8) is 0 Å². The van der Waals surface area contributed by atoms with E-state index in [9.17, 15) is 0 Å². The highest BCUT2D eigenvalue weighted by Gasteiger charge is 2.17. The third-order valence-electron chi connectivity index (χ3n) is 3.17. The Morgan fingerprint density at radius 1 is 1.42 bits per heavy atom. The summed E-state index contributed by atoms with van der Waals surface area (Å²) in [6, 6.07) is 0.204. The number of nitrogens with zero attached hydrogens (tertiary/aromatic N) is 2. The van der Waals surface area contributed by atoms with E-state index in [0.29, 0.717) is 11.7 Å². The van der Waals surface area contributed by atoms with E-state index in [2.05, 4.69) is 37.0 Å². The quantitative estimate of drug-likeness (QED) is 0.333. The van der Waals surface area contributed by atoms with Crippen molar-refractivity contribution in [2.75, 3.05) is 14.2 Å². The first-order valence-corrected chi connectivity index (χ1v) is 6.90. The molecule has 0 spiro atoms. The Morgan fingerprint density at radius 2 is 2.11 bits per heavy atom. The lowest BCUT2D eigenvalue weighted by molar-refractivity contribution is 0.318. The van der Waals surface area contributed by atoms with E-state index in [0.717, 1.165) is 25.7 Å². The van der Waals surface area contributed by atoms with Crippen LogP contribution >= 0.6 is 0 Å². The second-order valence-electron chi connectivity index (χ2n) is 4.76. The molecular weight excluding hydrogens is 236 g/mol. The molecule has 108 valence electrons. The summed E-state index contributed by atoms with van der Waals surface area (Å²) in [5.41, 5.74) is 1.23. The van der Waals surface area contributed by atoms with Gasteiger partial charge in [-0.3, -0.25) is 9.98 Å². The average molecular weight is 264 g/mol. The number of ether oxygens (including phenoxy) is 1. The molecule has 2 unspecified atom stereocenters. The van der Waals surface area contributed by atoms with Crippen LogP contribution in [0, 0.1) is 5.92 Å². The lowest BCUT2D eigenvalue weighted by atomic mass is 9.93. The van der Waals surface area contributed by atoms with E-state index in [-0.39, 0.29) is 6.04 Å². The third kappa shape index (κ3) is 7.60. The summed E-state index contributed by atoms with van der Waals surface area (Å²) in [4.78, 5) is 8.98. The van der Waals surface area contributed by atoms with E-state index in [1.165, 1.54) is 5.71 Å². The Bertz CT molecular complexity index is 332. The summed E-state index contributed by atoms with van der Waals surface area (Å²) in [7, 11) is 3.46. The Morgan fingerprint density at radius 3 is 2.58 bits per heavy atom. The molecule has 0 amide bonds. The van der Waals surface area contributed by atoms with Gasteiger partial charge in [-0.15, -0.1) is 6.58 Å². The fourth-order valence-electron chi connectivity index (χ4n) is 1.89. The van der Waals surface area contributed by atoms with E-state index in [4.69, 9.17) is 4.74 Å². The first-order chi connectivity index (χ1) is 9.08. The van der Waals surface area contributed by atoms with Gasteiger partial charge in [0.25, 0.3) is 0 Å². The van der Waals surface area contributed by atoms with Crippen LogP contribution in [0.2, 0.25) is 0 Å². The molecule has 0 heterocycles. The SMILES string of the molecule is C=CCC(C)C(CC(CCC)=NC)N=CC(=C)OC. The van der Waals surface area contributed by atoms with Crippen LogP contribution in [0.3, 0.4) is 0 Å². The molecule has 0 aliphatic heterocycles. The zero-order valence-corrected chi connectivity index (χ0v) is 12.9. The highest BCUT2D eigenvalue weighted by molar-refractivity contribution is 5.85. The molecule has 3 nitrogen and oxygen atoms in total. The predicted octanol–water partition coefficient (Wildman–Crippen LogP) is 4.06. The van der Waals surface area contributed by atoms with Gasteiger partial charge in [-0.1, -0.05) is 32.9 Å². The number of allylic oxidation sites excluding steroid dienone is 2. The maximum absolute atomic E-state index is 5.02. The maximum atomic E-state index is 5.02. The lowest BCUT2D eigenvalue weighted by Crippen LogP contribution is -2.20. The normalized spacial score (nSPS) is 15.3.